The van der Waals surface area contributed by atoms with Gasteiger partial charge in [-0.2, -0.15) is 0 Å². The summed E-state index contributed by atoms with van der Waals surface area (Å²) in [6.45, 7) is 2.17. The first kappa shape index (κ1) is 22.2. The molecule has 0 unspecified atom stereocenters. The summed E-state index contributed by atoms with van der Waals surface area (Å²) in [6, 6.07) is 0. The summed E-state index contributed by atoms with van der Waals surface area (Å²) in [5.74, 6) is -0.154. The van der Waals surface area contributed by atoms with Crippen molar-refractivity contribution in [2.24, 2.45) is 0 Å². The van der Waals surface area contributed by atoms with E-state index in [1.54, 1.807) is 0 Å². The highest BCUT2D eigenvalue weighted by molar-refractivity contribution is 5.69. The van der Waals surface area contributed by atoms with E-state index in [2.05, 4.69) is 66.3 Å². The van der Waals surface area contributed by atoms with E-state index in [4.69, 9.17) is 4.74 Å². The van der Waals surface area contributed by atoms with Crippen molar-refractivity contribution in [3.05, 3.63) is 60.8 Å². The molecule has 0 aromatic rings. The maximum Gasteiger partial charge on any atom is 0.305 e. The molecule has 0 aromatic carbocycles. The molecule has 1 heterocycles. The van der Waals surface area contributed by atoms with Gasteiger partial charge in [0.1, 0.15) is 0 Å². The van der Waals surface area contributed by atoms with Gasteiger partial charge >= 0.3 is 5.97 Å². The van der Waals surface area contributed by atoms with Gasteiger partial charge in [-0.25, -0.2) is 0 Å². The Labute approximate surface area is 159 Å². The third-order valence-electron chi connectivity index (χ3n) is 4.12. The Morgan fingerprint density at radius 2 is 1.31 bits per heavy atom. The average molecular weight is 359 g/mol. The van der Waals surface area contributed by atoms with Crippen LogP contribution in [0.25, 0.3) is 0 Å². The molecule has 26 heavy (non-hydrogen) atoms. The summed E-state index contributed by atoms with van der Waals surface area (Å²) in [5, 5.41) is 0. The number of epoxide rings is 1. The Hall–Kier alpha value is -1.87. The van der Waals surface area contributed by atoms with Crippen molar-refractivity contribution < 1.29 is 14.3 Å². The van der Waals surface area contributed by atoms with Crippen molar-refractivity contribution in [1.82, 2.24) is 0 Å². The number of ether oxygens (including phenoxy) is 2. The molecule has 3 nitrogen and oxygen atoms in total. The Morgan fingerprint density at radius 3 is 1.77 bits per heavy atom. The number of carbonyl (C=O) groups excluding carboxylic acids is 1. The molecule has 1 aliphatic heterocycles. The number of carbonyl (C=O) groups is 1. The number of methoxy groups -OCH3 is 1. The smallest absolute Gasteiger partial charge is 0.305 e. The minimum atomic E-state index is -0.154. The number of allylic oxidation sites excluding steroid dienone is 9. The lowest BCUT2D eigenvalue weighted by Crippen LogP contribution is -1.97. The maximum absolute atomic E-state index is 10.9. The van der Waals surface area contributed by atoms with Crippen LogP contribution in [0.15, 0.2) is 60.8 Å². The number of hydrogen-bond donors (Lipinski definition) is 0. The van der Waals surface area contributed by atoms with Gasteiger partial charge in [-0.1, -0.05) is 67.7 Å². The third kappa shape index (κ3) is 12.5. The summed E-state index contributed by atoms with van der Waals surface area (Å²) in [4.78, 5) is 10.9. The normalized spacial score (nSPS) is 20.4. The minimum absolute atomic E-state index is 0.154. The van der Waals surface area contributed by atoms with Gasteiger partial charge in [0.25, 0.3) is 0 Å². The van der Waals surface area contributed by atoms with Crippen LogP contribution in [-0.4, -0.2) is 25.3 Å². The van der Waals surface area contributed by atoms with Crippen LogP contribution >= 0.6 is 0 Å². The number of hydrogen-bond acceptors (Lipinski definition) is 3. The molecule has 3 heteroatoms. The van der Waals surface area contributed by atoms with Crippen molar-refractivity contribution in [1.29, 1.82) is 0 Å². The summed E-state index contributed by atoms with van der Waals surface area (Å²) in [7, 11) is 1.42. The molecule has 0 radical (unpaired) electrons. The molecule has 1 fully saturated rings. The van der Waals surface area contributed by atoms with E-state index < -0.39 is 0 Å². The molecule has 144 valence electrons. The van der Waals surface area contributed by atoms with Crippen LogP contribution in [0.4, 0.5) is 0 Å². The molecule has 1 rings (SSSR count). The van der Waals surface area contributed by atoms with Gasteiger partial charge in [0, 0.05) is 6.42 Å². The summed E-state index contributed by atoms with van der Waals surface area (Å²) in [6.07, 6.45) is 29.9. The molecule has 0 spiro atoms. The standard InChI is InChI=1S/C23H34O3/c1-3-21-22(26-21)19-17-15-13-11-9-7-5-4-6-8-10-12-14-16-18-20-23(24)25-2/h4-5,8-11,14-17,21-22H,3,6-7,12-13,18-20H2,1-2H3/b5-4-,10-8-,11-9-,16-14-,17-15-/t21-,22+/m0/s1. The molecule has 1 saturated heterocycles. The van der Waals surface area contributed by atoms with Crippen LogP contribution in [0.1, 0.15) is 58.3 Å². The van der Waals surface area contributed by atoms with Crippen molar-refractivity contribution >= 4 is 5.97 Å². The molecule has 0 aliphatic carbocycles. The van der Waals surface area contributed by atoms with Crippen molar-refractivity contribution in [3.63, 3.8) is 0 Å². The second-order valence-electron chi connectivity index (χ2n) is 6.27. The number of esters is 1. The van der Waals surface area contributed by atoms with Crippen LogP contribution < -0.4 is 0 Å². The van der Waals surface area contributed by atoms with E-state index >= 15 is 0 Å². The van der Waals surface area contributed by atoms with Gasteiger partial charge < -0.3 is 9.47 Å². The summed E-state index contributed by atoms with van der Waals surface area (Å²) < 4.78 is 10.1. The number of rotatable bonds is 14. The molecule has 0 bridgehead atoms. The summed E-state index contributed by atoms with van der Waals surface area (Å²) in [5.41, 5.74) is 0. The fourth-order valence-electron chi connectivity index (χ4n) is 2.48. The Morgan fingerprint density at radius 1 is 0.808 bits per heavy atom. The second-order valence-corrected chi connectivity index (χ2v) is 6.27. The van der Waals surface area contributed by atoms with Crippen LogP contribution in [0.3, 0.4) is 0 Å². The highest BCUT2D eigenvalue weighted by Crippen LogP contribution is 2.28. The molecule has 1 aliphatic rings. The molecule has 0 saturated carbocycles. The van der Waals surface area contributed by atoms with Gasteiger partial charge in [0.05, 0.1) is 19.3 Å². The van der Waals surface area contributed by atoms with Crippen LogP contribution in [-0.2, 0) is 14.3 Å². The molecule has 0 aromatic heterocycles. The molecular weight excluding hydrogens is 324 g/mol. The van der Waals surface area contributed by atoms with Gasteiger partial charge in [-0.3, -0.25) is 4.79 Å². The molecule has 2 atom stereocenters. The van der Waals surface area contributed by atoms with E-state index in [1.165, 1.54) is 7.11 Å². The average Bonchev–Trinajstić information content (AvgIpc) is 3.42. The lowest BCUT2D eigenvalue weighted by molar-refractivity contribution is -0.140. The zero-order valence-electron chi connectivity index (χ0n) is 16.3. The molecule has 0 N–H and O–H groups in total. The zero-order valence-corrected chi connectivity index (χ0v) is 16.3. The highest BCUT2D eigenvalue weighted by atomic mass is 16.6. The highest BCUT2D eigenvalue weighted by Gasteiger charge is 2.35. The van der Waals surface area contributed by atoms with E-state index in [-0.39, 0.29) is 5.97 Å². The lowest BCUT2D eigenvalue weighted by Gasteiger charge is -1.93. The van der Waals surface area contributed by atoms with E-state index in [0.717, 1.165) is 44.9 Å². The van der Waals surface area contributed by atoms with Gasteiger partial charge in [0.2, 0.25) is 0 Å². The van der Waals surface area contributed by atoms with Crippen LogP contribution in [0.5, 0.6) is 0 Å². The quantitative estimate of drug-likeness (QED) is 0.222. The van der Waals surface area contributed by atoms with Crippen molar-refractivity contribution in [2.75, 3.05) is 7.11 Å². The monoisotopic (exact) mass is 358 g/mol. The third-order valence-corrected chi connectivity index (χ3v) is 4.12. The fraction of sp³-hybridized carbons (Fsp3) is 0.522. The van der Waals surface area contributed by atoms with Gasteiger partial charge in [-0.15, -0.1) is 0 Å². The zero-order chi connectivity index (χ0) is 18.9. The Bertz CT molecular complexity index is 512. The molecule has 0 amide bonds. The predicted molar refractivity (Wildman–Crippen MR) is 109 cm³/mol. The van der Waals surface area contributed by atoms with Crippen molar-refractivity contribution in [3.8, 4) is 0 Å². The lowest BCUT2D eigenvalue weighted by atomic mass is 10.2. The predicted octanol–water partition coefficient (Wildman–Crippen LogP) is 5.85. The largest absolute Gasteiger partial charge is 0.469 e. The Kier molecular flexibility index (Phi) is 13.1. The second kappa shape index (κ2) is 15.4. The van der Waals surface area contributed by atoms with Crippen molar-refractivity contribution in [2.45, 2.75) is 70.5 Å². The summed E-state index contributed by atoms with van der Waals surface area (Å²) >= 11 is 0. The fourth-order valence-corrected chi connectivity index (χ4v) is 2.48. The van der Waals surface area contributed by atoms with E-state index in [0.29, 0.717) is 18.6 Å². The topological polar surface area (TPSA) is 38.8 Å². The first-order chi connectivity index (χ1) is 12.8. The van der Waals surface area contributed by atoms with Crippen LogP contribution in [0, 0.1) is 0 Å². The minimum Gasteiger partial charge on any atom is -0.469 e. The van der Waals surface area contributed by atoms with Crippen LogP contribution in [0.2, 0.25) is 0 Å². The maximum atomic E-state index is 10.9. The SMILES string of the molecule is CC[C@@H]1O[C@@H]1C/C=C\C/C=C\C/C=C\C/C=C\C/C=C\CCC(=O)OC. The van der Waals surface area contributed by atoms with Gasteiger partial charge in [0.15, 0.2) is 0 Å². The van der Waals surface area contributed by atoms with Gasteiger partial charge in [-0.05, 0) is 44.9 Å². The van der Waals surface area contributed by atoms with E-state index in [1.807, 2.05) is 6.08 Å². The molecular formula is C23H34O3. The first-order valence-corrected chi connectivity index (χ1v) is 9.75. The van der Waals surface area contributed by atoms with E-state index in [9.17, 15) is 4.79 Å². The Balaban J connectivity index is 1.91. The first-order valence-electron chi connectivity index (χ1n) is 9.75.